The maximum Gasteiger partial charge on any atom is 0.129 e. The number of nitrogens with zero attached hydrogens (tertiary/aromatic N) is 2. The molecule has 0 aliphatic heterocycles. The van der Waals surface area contributed by atoms with E-state index in [0.29, 0.717) is 12.1 Å². The normalized spacial score (nSPS) is 23.9. The van der Waals surface area contributed by atoms with Gasteiger partial charge in [-0.1, -0.05) is 6.92 Å². The number of rotatable bonds is 5. The summed E-state index contributed by atoms with van der Waals surface area (Å²) in [5.41, 5.74) is 1.08. The molecule has 0 amide bonds. The second kappa shape index (κ2) is 5.25. The van der Waals surface area contributed by atoms with Gasteiger partial charge in [-0.05, 0) is 26.2 Å². The molecule has 0 unspecified atom stereocenters. The van der Waals surface area contributed by atoms with Crippen LogP contribution in [0.4, 0.5) is 5.82 Å². The molecule has 2 rings (SSSR count). The molecule has 1 fully saturated rings. The quantitative estimate of drug-likeness (QED) is 0.826. The topological polar surface area (TPSA) is 47.0 Å². The first-order valence-corrected chi connectivity index (χ1v) is 6.00. The Morgan fingerprint density at radius 2 is 2.19 bits per heavy atom. The van der Waals surface area contributed by atoms with Crippen molar-refractivity contribution in [3.8, 4) is 0 Å². The van der Waals surface area contributed by atoms with E-state index in [0.717, 1.165) is 37.4 Å². The Balaban J connectivity index is 1.82. The fourth-order valence-corrected chi connectivity index (χ4v) is 1.93. The Kier molecular flexibility index (Phi) is 3.72. The van der Waals surface area contributed by atoms with Crippen LogP contribution in [-0.2, 0) is 11.2 Å². The lowest BCUT2D eigenvalue weighted by Crippen LogP contribution is -2.41. The van der Waals surface area contributed by atoms with Crippen LogP contribution in [0.15, 0.2) is 12.4 Å². The summed E-state index contributed by atoms with van der Waals surface area (Å²) in [4.78, 5) is 8.39. The zero-order valence-electron chi connectivity index (χ0n) is 9.94. The molecule has 0 radical (unpaired) electrons. The highest BCUT2D eigenvalue weighted by Crippen LogP contribution is 2.26. The van der Waals surface area contributed by atoms with E-state index in [1.807, 2.05) is 13.0 Å². The van der Waals surface area contributed by atoms with Crippen LogP contribution in [0.3, 0.4) is 0 Å². The van der Waals surface area contributed by atoms with Crippen molar-refractivity contribution >= 4 is 5.82 Å². The SMILES string of the molecule is CCOC1CC(Nc2cc(CC)ncn2)C1. The fraction of sp³-hybridized carbons (Fsp3) is 0.667. The van der Waals surface area contributed by atoms with Crippen molar-refractivity contribution in [2.45, 2.75) is 45.3 Å². The van der Waals surface area contributed by atoms with Gasteiger partial charge in [-0.2, -0.15) is 0 Å². The summed E-state index contributed by atoms with van der Waals surface area (Å²) in [6.45, 7) is 4.95. The number of ether oxygens (including phenoxy) is 1. The van der Waals surface area contributed by atoms with Crippen LogP contribution < -0.4 is 5.32 Å². The minimum absolute atomic E-state index is 0.440. The highest BCUT2D eigenvalue weighted by atomic mass is 16.5. The van der Waals surface area contributed by atoms with Crippen molar-refractivity contribution < 1.29 is 4.74 Å². The lowest BCUT2D eigenvalue weighted by Gasteiger charge is -2.35. The molecule has 0 atom stereocenters. The van der Waals surface area contributed by atoms with Gasteiger partial charge in [-0.25, -0.2) is 9.97 Å². The first-order valence-electron chi connectivity index (χ1n) is 6.00. The first-order chi connectivity index (χ1) is 7.81. The standard InChI is InChI=1S/C12H19N3O/c1-3-9-7-12(14-8-13-9)15-10-5-11(6-10)16-4-2/h7-8,10-11H,3-6H2,1-2H3,(H,13,14,15). The lowest BCUT2D eigenvalue weighted by atomic mass is 9.89. The average molecular weight is 221 g/mol. The summed E-state index contributed by atoms with van der Waals surface area (Å²) in [6.07, 6.45) is 5.18. The maximum atomic E-state index is 5.52. The van der Waals surface area contributed by atoms with Crippen LogP contribution >= 0.6 is 0 Å². The van der Waals surface area contributed by atoms with Gasteiger partial charge in [0.2, 0.25) is 0 Å². The molecule has 1 aliphatic rings. The molecule has 0 aromatic carbocycles. The number of hydrogen-bond donors (Lipinski definition) is 1. The van der Waals surface area contributed by atoms with Crippen LogP contribution in [0, 0.1) is 0 Å². The minimum atomic E-state index is 0.440. The molecule has 4 nitrogen and oxygen atoms in total. The van der Waals surface area contributed by atoms with Crippen molar-refractivity contribution in [3.63, 3.8) is 0 Å². The van der Waals surface area contributed by atoms with Gasteiger partial charge in [-0.3, -0.25) is 0 Å². The molecule has 1 heterocycles. The molecule has 1 aliphatic carbocycles. The van der Waals surface area contributed by atoms with E-state index in [1.165, 1.54) is 0 Å². The third-order valence-electron chi connectivity index (χ3n) is 2.94. The number of hydrogen-bond acceptors (Lipinski definition) is 4. The van der Waals surface area contributed by atoms with Gasteiger partial charge in [0.1, 0.15) is 12.1 Å². The highest BCUT2D eigenvalue weighted by molar-refractivity contribution is 5.36. The summed E-state index contributed by atoms with van der Waals surface area (Å²) in [7, 11) is 0. The van der Waals surface area contributed by atoms with E-state index in [4.69, 9.17) is 4.74 Å². The van der Waals surface area contributed by atoms with Gasteiger partial charge >= 0.3 is 0 Å². The summed E-state index contributed by atoms with van der Waals surface area (Å²) in [6, 6.07) is 2.53. The van der Waals surface area contributed by atoms with Crippen molar-refractivity contribution in [1.29, 1.82) is 0 Å². The van der Waals surface area contributed by atoms with Gasteiger partial charge in [-0.15, -0.1) is 0 Å². The van der Waals surface area contributed by atoms with E-state index >= 15 is 0 Å². The average Bonchev–Trinajstić information content (AvgIpc) is 2.27. The zero-order chi connectivity index (χ0) is 11.4. The summed E-state index contributed by atoms with van der Waals surface area (Å²) < 4.78 is 5.52. The molecular formula is C12H19N3O. The third kappa shape index (κ3) is 2.70. The van der Waals surface area contributed by atoms with Crippen molar-refractivity contribution in [2.75, 3.05) is 11.9 Å². The van der Waals surface area contributed by atoms with Crippen LogP contribution in [0.2, 0.25) is 0 Å². The summed E-state index contributed by atoms with van der Waals surface area (Å²) in [5.74, 6) is 0.937. The van der Waals surface area contributed by atoms with Crippen molar-refractivity contribution in [1.82, 2.24) is 9.97 Å². The Morgan fingerprint density at radius 1 is 1.38 bits per heavy atom. The minimum Gasteiger partial charge on any atom is -0.378 e. The van der Waals surface area contributed by atoms with E-state index in [2.05, 4.69) is 22.2 Å². The first kappa shape index (κ1) is 11.3. The number of aromatic nitrogens is 2. The molecule has 4 heteroatoms. The molecular weight excluding hydrogens is 202 g/mol. The van der Waals surface area contributed by atoms with E-state index in [9.17, 15) is 0 Å². The third-order valence-corrected chi connectivity index (χ3v) is 2.94. The Labute approximate surface area is 96.4 Å². The van der Waals surface area contributed by atoms with Crippen molar-refractivity contribution in [2.24, 2.45) is 0 Å². The lowest BCUT2D eigenvalue weighted by molar-refractivity contribution is 0.00292. The molecule has 0 bridgehead atoms. The summed E-state index contributed by atoms with van der Waals surface area (Å²) in [5, 5.41) is 3.41. The largest absolute Gasteiger partial charge is 0.378 e. The Morgan fingerprint density at radius 3 is 2.88 bits per heavy atom. The predicted molar refractivity (Wildman–Crippen MR) is 63.5 cm³/mol. The number of nitrogens with one attached hydrogen (secondary N) is 1. The van der Waals surface area contributed by atoms with E-state index in [-0.39, 0.29) is 0 Å². The molecule has 16 heavy (non-hydrogen) atoms. The molecule has 1 aromatic rings. The van der Waals surface area contributed by atoms with Crippen LogP contribution in [-0.4, -0.2) is 28.7 Å². The second-order valence-electron chi connectivity index (χ2n) is 4.14. The monoisotopic (exact) mass is 221 g/mol. The molecule has 1 aromatic heterocycles. The van der Waals surface area contributed by atoms with Crippen LogP contribution in [0.25, 0.3) is 0 Å². The fourth-order valence-electron chi connectivity index (χ4n) is 1.93. The molecule has 0 spiro atoms. The smallest absolute Gasteiger partial charge is 0.129 e. The maximum absolute atomic E-state index is 5.52. The second-order valence-corrected chi connectivity index (χ2v) is 4.14. The molecule has 88 valence electrons. The van der Waals surface area contributed by atoms with E-state index < -0.39 is 0 Å². The van der Waals surface area contributed by atoms with Gasteiger partial charge < -0.3 is 10.1 Å². The van der Waals surface area contributed by atoms with Gasteiger partial charge in [0, 0.05) is 24.4 Å². The van der Waals surface area contributed by atoms with Gasteiger partial charge in [0.15, 0.2) is 0 Å². The Bertz CT molecular complexity index is 337. The Hall–Kier alpha value is -1.16. The predicted octanol–water partition coefficient (Wildman–Crippen LogP) is 2.02. The highest BCUT2D eigenvalue weighted by Gasteiger charge is 2.29. The summed E-state index contributed by atoms with van der Waals surface area (Å²) >= 11 is 0. The molecule has 0 saturated heterocycles. The van der Waals surface area contributed by atoms with Gasteiger partial charge in [0.25, 0.3) is 0 Å². The zero-order valence-corrected chi connectivity index (χ0v) is 9.94. The van der Waals surface area contributed by atoms with E-state index in [1.54, 1.807) is 6.33 Å². The number of anilines is 1. The molecule has 1 N–H and O–H groups in total. The van der Waals surface area contributed by atoms with Crippen molar-refractivity contribution in [3.05, 3.63) is 18.1 Å². The molecule has 1 saturated carbocycles. The van der Waals surface area contributed by atoms with Crippen LogP contribution in [0.1, 0.15) is 32.4 Å². The van der Waals surface area contributed by atoms with Gasteiger partial charge in [0.05, 0.1) is 6.10 Å². The van der Waals surface area contributed by atoms with Crippen LogP contribution in [0.5, 0.6) is 0 Å². The number of aryl methyl sites for hydroxylation is 1.